The lowest BCUT2D eigenvalue weighted by Gasteiger charge is -2.08. The highest BCUT2D eigenvalue weighted by molar-refractivity contribution is 5.74. The Labute approximate surface area is 123 Å². The highest BCUT2D eigenvalue weighted by atomic mass is 16.6. The Kier molecular flexibility index (Phi) is 5.04. The summed E-state index contributed by atoms with van der Waals surface area (Å²) < 4.78 is 15.8. The van der Waals surface area contributed by atoms with Gasteiger partial charge in [-0.15, -0.1) is 0 Å². The van der Waals surface area contributed by atoms with E-state index in [0.717, 1.165) is 5.75 Å². The van der Waals surface area contributed by atoms with E-state index in [0.29, 0.717) is 23.8 Å². The number of carbonyl (C=O) groups is 1. The van der Waals surface area contributed by atoms with E-state index in [1.165, 1.54) is 0 Å². The van der Waals surface area contributed by atoms with Crippen LogP contribution in [0.25, 0.3) is 0 Å². The van der Waals surface area contributed by atoms with Crippen LogP contribution in [0.5, 0.6) is 17.2 Å². The number of nitrogen functional groups attached to an aromatic ring is 1. The molecule has 2 aromatic rings. The standard InChI is InChI=1S/C16H17NO4/c1-2-19-13-6-8-14(9-7-13)21-16(18)11-20-15-5-3-4-12(17)10-15/h3-10H,2,11,17H2,1H3. The lowest BCUT2D eigenvalue weighted by atomic mass is 10.3. The number of nitrogens with two attached hydrogens (primary N) is 1. The quantitative estimate of drug-likeness (QED) is 0.502. The van der Waals surface area contributed by atoms with E-state index >= 15 is 0 Å². The molecule has 0 amide bonds. The van der Waals surface area contributed by atoms with Crippen LogP contribution in [0.15, 0.2) is 48.5 Å². The topological polar surface area (TPSA) is 70.8 Å². The van der Waals surface area contributed by atoms with Gasteiger partial charge >= 0.3 is 5.97 Å². The summed E-state index contributed by atoms with van der Waals surface area (Å²) in [6.07, 6.45) is 0. The fourth-order valence-corrected chi connectivity index (χ4v) is 1.68. The van der Waals surface area contributed by atoms with Crippen LogP contribution in [0.2, 0.25) is 0 Å². The summed E-state index contributed by atoms with van der Waals surface area (Å²) in [4.78, 5) is 11.7. The fraction of sp³-hybridized carbons (Fsp3) is 0.188. The molecule has 0 heterocycles. The summed E-state index contributed by atoms with van der Waals surface area (Å²) in [7, 11) is 0. The minimum Gasteiger partial charge on any atom is -0.494 e. The van der Waals surface area contributed by atoms with Crippen LogP contribution in [0.3, 0.4) is 0 Å². The molecule has 5 nitrogen and oxygen atoms in total. The van der Waals surface area contributed by atoms with Gasteiger partial charge in [-0.25, -0.2) is 4.79 Å². The van der Waals surface area contributed by atoms with Crippen molar-refractivity contribution >= 4 is 11.7 Å². The number of esters is 1. The van der Waals surface area contributed by atoms with E-state index in [9.17, 15) is 4.79 Å². The maximum Gasteiger partial charge on any atom is 0.349 e. The van der Waals surface area contributed by atoms with Crippen LogP contribution in [0.4, 0.5) is 5.69 Å². The van der Waals surface area contributed by atoms with Crippen molar-refractivity contribution in [2.45, 2.75) is 6.92 Å². The predicted molar refractivity (Wildman–Crippen MR) is 79.6 cm³/mol. The largest absolute Gasteiger partial charge is 0.494 e. The second kappa shape index (κ2) is 7.19. The van der Waals surface area contributed by atoms with Crippen LogP contribution >= 0.6 is 0 Å². The molecule has 0 saturated carbocycles. The summed E-state index contributed by atoms with van der Waals surface area (Å²) in [6, 6.07) is 13.7. The highest BCUT2D eigenvalue weighted by Crippen LogP contribution is 2.18. The minimum atomic E-state index is -0.485. The van der Waals surface area contributed by atoms with Crippen LogP contribution in [-0.2, 0) is 4.79 Å². The van der Waals surface area contributed by atoms with Crippen molar-refractivity contribution in [1.82, 2.24) is 0 Å². The number of hydrogen-bond acceptors (Lipinski definition) is 5. The summed E-state index contributed by atoms with van der Waals surface area (Å²) in [6.45, 7) is 2.31. The van der Waals surface area contributed by atoms with Crippen molar-refractivity contribution in [2.75, 3.05) is 18.9 Å². The molecule has 0 aliphatic rings. The first-order chi connectivity index (χ1) is 10.2. The van der Waals surface area contributed by atoms with Crippen LogP contribution < -0.4 is 19.9 Å². The molecule has 0 aromatic heterocycles. The lowest BCUT2D eigenvalue weighted by Crippen LogP contribution is -2.17. The molecule has 21 heavy (non-hydrogen) atoms. The zero-order valence-electron chi connectivity index (χ0n) is 11.7. The van der Waals surface area contributed by atoms with Crippen LogP contribution in [0.1, 0.15) is 6.92 Å². The number of benzene rings is 2. The summed E-state index contributed by atoms with van der Waals surface area (Å²) in [5, 5.41) is 0. The number of ether oxygens (including phenoxy) is 3. The van der Waals surface area contributed by atoms with Gasteiger partial charge < -0.3 is 19.9 Å². The van der Waals surface area contributed by atoms with Gasteiger partial charge in [-0.1, -0.05) is 6.07 Å². The lowest BCUT2D eigenvalue weighted by molar-refractivity contribution is -0.136. The molecule has 0 atom stereocenters. The minimum absolute atomic E-state index is 0.184. The van der Waals surface area contributed by atoms with Crippen molar-refractivity contribution in [1.29, 1.82) is 0 Å². The number of rotatable bonds is 6. The number of hydrogen-bond donors (Lipinski definition) is 1. The molecule has 2 N–H and O–H groups in total. The molecule has 0 aliphatic heterocycles. The van der Waals surface area contributed by atoms with Crippen LogP contribution in [-0.4, -0.2) is 19.2 Å². The van der Waals surface area contributed by atoms with Gasteiger partial charge in [0.25, 0.3) is 0 Å². The summed E-state index contributed by atoms with van der Waals surface area (Å²) in [5.74, 6) is 1.22. The Morgan fingerprint density at radius 2 is 1.71 bits per heavy atom. The third-order valence-corrected chi connectivity index (χ3v) is 2.58. The maximum atomic E-state index is 11.7. The van der Waals surface area contributed by atoms with Crippen molar-refractivity contribution < 1.29 is 19.0 Å². The summed E-state index contributed by atoms with van der Waals surface area (Å²) >= 11 is 0. The van der Waals surface area contributed by atoms with Gasteiger partial charge in [-0.2, -0.15) is 0 Å². The molecule has 0 aliphatic carbocycles. The molecule has 0 saturated heterocycles. The molecule has 5 heteroatoms. The second-order valence-electron chi connectivity index (χ2n) is 4.24. The Hall–Kier alpha value is -2.69. The first kappa shape index (κ1) is 14.7. The third kappa shape index (κ3) is 4.72. The molecular formula is C16H17NO4. The normalized spacial score (nSPS) is 9.95. The molecule has 0 fully saturated rings. The van der Waals surface area contributed by atoms with E-state index in [-0.39, 0.29) is 6.61 Å². The van der Waals surface area contributed by atoms with E-state index in [2.05, 4.69) is 0 Å². The first-order valence-corrected chi connectivity index (χ1v) is 6.59. The van der Waals surface area contributed by atoms with Crippen molar-refractivity contribution in [2.24, 2.45) is 0 Å². The van der Waals surface area contributed by atoms with E-state index in [1.54, 1.807) is 48.5 Å². The Bertz CT molecular complexity index is 595. The Balaban J connectivity index is 1.84. The van der Waals surface area contributed by atoms with E-state index in [4.69, 9.17) is 19.9 Å². The smallest absolute Gasteiger partial charge is 0.349 e. The van der Waals surface area contributed by atoms with Gasteiger partial charge in [0, 0.05) is 11.8 Å². The second-order valence-corrected chi connectivity index (χ2v) is 4.24. The number of carbonyl (C=O) groups excluding carboxylic acids is 1. The average Bonchev–Trinajstić information content (AvgIpc) is 2.48. The monoisotopic (exact) mass is 287 g/mol. The van der Waals surface area contributed by atoms with E-state index in [1.807, 2.05) is 6.92 Å². The zero-order chi connectivity index (χ0) is 15.1. The molecule has 2 aromatic carbocycles. The van der Waals surface area contributed by atoms with Gasteiger partial charge in [0.1, 0.15) is 17.2 Å². The Morgan fingerprint density at radius 1 is 1.00 bits per heavy atom. The van der Waals surface area contributed by atoms with Gasteiger partial charge in [0.2, 0.25) is 0 Å². The van der Waals surface area contributed by atoms with Gasteiger partial charge in [0.15, 0.2) is 6.61 Å². The molecule has 0 bridgehead atoms. The van der Waals surface area contributed by atoms with Crippen LogP contribution in [0, 0.1) is 0 Å². The number of anilines is 1. The van der Waals surface area contributed by atoms with Crippen molar-refractivity contribution in [3.63, 3.8) is 0 Å². The third-order valence-electron chi connectivity index (χ3n) is 2.58. The molecule has 0 spiro atoms. The Morgan fingerprint density at radius 3 is 2.38 bits per heavy atom. The SMILES string of the molecule is CCOc1ccc(OC(=O)COc2cccc(N)c2)cc1. The van der Waals surface area contributed by atoms with E-state index < -0.39 is 5.97 Å². The first-order valence-electron chi connectivity index (χ1n) is 6.59. The zero-order valence-corrected chi connectivity index (χ0v) is 11.7. The van der Waals surface area contributed by atoms with Gasteiger partial charge in [-0.3, -0.25) is 0 Å². The summed E-state index contributed by atoms with van der Waals surface area (Å²) in [5.41, 5.74) is 6.20. The van der Waals surface area contributed by atoms with Gasteiger partial charge in [0.05, 0.1) is 6.61 Å². The molecule has 110 valence electrons. The van der Waals surface area contributed by atoms with Gasteiger partial charge in [-0.05, 0) is 43.3 Å². The van der Waals surface area contributed by atoms with Crippen molar-refractivity contribution in [3.05, 3.63) is 48.5 Å². The fourth-order valence-electron chi connectivity index (χ4n) is 1.68. The molecule has 2 rings (SSSR count). The predicted octanol–water partition coefficient (Wildman–Crippen LogP) is 2.65. The molecule has 0 unspecified atom stereocenters. The maximum absolute atomic E-state index is 11.7. The average molecular weight is 287 g/mol. The highest BCUT2D eigenvalue weighted by Gasteiger charge is 2.06. The molecule has 0 radical (unpaired) electrons. The van der Waals surface area contributed by atoms with Crippen molar-refractivity contribution in [3.8, 4) is 17.2 Å². The molecular weight excluding hydrogens is 270 g/mol.